The van der Waals surface area contributed by atoms with Gasteiger partial charge in [0.15, 0.2) is 0 Å². The van der Waals surface area contributed by atoms with Gasteiger partial charge in [-0.3, -0.25) is 4.98 Å². The van der Waals surface area contributed by atoms with Gasteiger partial charge in [-0.2, -0.15) is 0 Å². The lowest BCUT2D eigenvalue weighted by molar-refractivity contribution is 0.0345. The lowest BCUT2D eigenvalue weighted by Gasteiger charge is -2.33. The second kappa shape index (κ2) is 6.31. The molecule has 3 heteroatoms. The predicted octanol–water partition coefficient (Wildman–Crippen LogP) is 4.26. The van der Waals surface area contributed by atoms with E-state index in [1.807, 2.05) is 48.5 Å². The van der Waals surface area contributed by atoms with Gasteiger partial charge in [-0.25, -0.2) is 4.39 Å². The van der Waals surface area contributed by atoms with Crippen molar-refractivity contribution in [1.29, 1.82) is 0 Å². The third-order valence-corrected chi connectivity index (χ3v) is 4.10. The molecule has 0 aliphatic carbocycles. The van der Waals surface area contributed by atoms with Crippen molar-refractivity contribution in [3.05, 3.63) is 102 Å². The lowest BCUT2D eigenvalue weighted by atomic mass is 9.76. The normalized spacial score (nSPS) is 14.9. The zero-order valence-corrected chi connectivity index (χ0v) is 12.9. The minimum Gasteiger partial charge on any atom is -0.384 e. The van der Waals surface area contributed by atoms with Crippen LogP contribution < -0.4 is 0 Å². The molecule has 1 N–H and O–H groups in total. The average molecular weight is 307 g/mol. The summed E-state index contributed by atoms with van der Waals surface area (Å²) in [6.45, 7) is 1.64. The fraction of sp³-hybridized carbons (Fsp3) is 0.150. The standard InChI is InChI=1S/C20H18FNO/c1-20(23,16-11-5-6-12-17(16)21)19(15-9-3-2-4-10-15)18-13-7-8-14-22-18/h2-14,19,23H,1H3/t19-,20+/m1/s1. The fourth-order valence-electron chi connectivity index (χ4n) is 3.00. The highest BCUT2D eigenvalue weighted by Crippen LogP contribution is 2.41. The van der Waals surface area contributed by atoms with Crippen molar-refractivity contribution in [2.75, 3.05) is 0 Å². The van der Waals surface area contributed by atoms with Crippen molar-refractivity contribution in [2.24, 2.45) is 0 Å². The number of rotatable bonds is 4. The summed E-state index contributed by atoms with van der Waals surface area (Å²) >= 11 is 0. The first-order chi connectivity index (χ1) is 11.1. The van der Waals surface area contributed by atoms with E-state index < -0.39 is 17.3 Å². The molecule has 0 saturated heterocycles. The van der Waals surface area contributed by atoms with Crippen molar-refractivity contribution in [2.45, 2.75) is 18.4 Å². The van der Waals surface area contributed by atoms with Gasteiger partial charge in [0, 0.05) is 11.8 Å². The summed E-state index contributed by atoms with van der Waals surface area (Å²) in [7, 11) is 0. The lowest BCUT2D eigenvalue weighted by Crippen LogP contribution is -2.32. The molecule has 0 fully saturated rings. The topological polar surface area (TPSA) is 33.1 Å². The molecule has 0 aliphatic rings. The third kappa shape index (κ3) is 3.01. The number of aromatic nitrogens is 1. The van der Waals surface area contributed by atoms with Gasteiger partial charge in [0.05, 0.1) is 11.6 Å². The van der Waals surface area contributed by atoms with E-state index in [2.05, 4.69) is 4.98 Å². The molecule has 1 aromatic heterocycles. The molecule has 1 heterocycles. The summed E-state index contributed by atoms with van der Waals surface area (Å²) in [4.78, 5) is 4.39. The van der Waals surface area contributed by atoms with Crippen LogP contribution in [0.15, 0.2) is 79.0 Å². The van der Waals surface area contributed by atoms with Crippen molar-refractivity contribution >= 4 is 0 Å². The van der Waals surface area contributed by atoms with Crippen LogP contribution in [0.3, 0.4) is 0 Å². The van der Waals surface area contributed by atoms with Crippen LogP contribution in [-0.4, -0.2) is 10.1 Å². The molecule has 23 heavy (non-hydrogen) atoms. The van der Waals surface area contributed by atoms with E-state index >= 15 is 0 Å². The molecule has 2 aromatic carbocycles. The van der Waals surface area contributed by atoms with Gasteiger partial charge < -0.3 is 5.11 Å². The second-order valence-corrected chi connectivity index (χ2v) is 5.73. The molecule has 0 aliphatic heterocycles. The molecular formula is C20H18FNO. The molecule has 3 aromatic rings. The van der Waals surface area contributed by atoms with Crippen LogP contribution in [0.5, 0.6) is 0 Å². The first kappa shape index (κ1) is 15.4. The summed E-state index contributed by atoms with van der Waals surface area (Å²) < 4.78 is 14.3. The number of nitrogens with zero attached hydrogens (tertiary/aromatic N) is 1. The molecule has 0 amide bonds. The van der Waals surface area contributed by atoms with E-state index in [0.717, 1.165) is 5.56 Å². The quantitative estimate of drug-likeness (QED) is 0.781. The van der Waals surface area contributed by atoms with Crippen molar-refractivity contribution < 1.29 is 9.50 Å². The van der Waals surface area contributed by atoms with Gasteiger partial charge in [0.25, 0.3) is 0 Å². The maximum atomic E-state index is 14.3. The Hall–Kier alpha value is -2.52. The molecule has 0 saturated carbocycles. The highest BCUT2D eigenvalue weighted by Gasteiger charge is 2.38. The van der Waals surface area contributed by atoms with Crippen LogP contribution in [0.1, 0.15) is 29.7 Å². The van der Waals surface area contributed by atoms with Crippen molar-refractivity contribution in [1.82, 2.24) is 4.98 Å². The van der Waals surface area contributed by atoms with Gasteiger partial charge in [-0.15, -0.1) is 0 Å². The van der Waals surface area contributed by atoms with Crippen LogP contribution in [0.4, 0.5) is 4.39 Å². The summed E-state index contributed by atoms with van der Waals surface area (Å²) in [6, 6.07) is 21.5. The van der Waals surface area contributed by atoms with Crippen LogP contribution in [-0.2, 0) is 5.60 Å². The Morgan fingerprint density at radius 3 is 2.22 bits per heavy atom. The number of pyridine rings is 1. The Morgan fingerprint density at radius 1 is 0.913 bits per heavy atom. The zero-order valence-electron chi connectivity index (χ0n) is 12.9. The third-order valence-electron chi connectivity index (χ3n) is 4.10. The Labute approximate surface area is 135 Å². The SMILES string of the molecule is C[C@](O)(c1ccccc1F)[C@H](c1ccccc1)c1ccccn1. The van der Waals surface area contributed by atoms with E-state index in [1.54, 1.807) is 31.3 Å². The Morgan fingerprint density at radius 2 is 1.57 bits per heavy atom. The highest BCUT2D eigenvalue weighted by atomic mass is 19.1. The van der Waals surface area contributed by atoms with Crippen molar-refractivity contribution in [3.8, 4) is 0 Å². The molecule has 0 radical (unpaired) electrons. The molecule has 0 spiro atoms. The Balaban J connectivity index is 2.18. The van der Waals surface area contributed by atoms with Crippen LogP contribution in [0.2, 0.25) is 0 Å². The van der Waals surface area contributed by atoms with Gasteiger partial charge >= 0.3 is 0 Å². The largest absolute Gasteiger partial charge is 0.384 e. The first-order valence-corrected chi connectivity index (χ1v) is 7.54. The van der Waals surface area contributed by atoms with Crippen molar-refractivity contribution in [3.63, 3.8) is 0 Å². The summed E-state index contributed by atoms with van der Waals surface area (Å²) in [5.74, 6) is -0.892. The zero-order chi connectivity index (χ0) is 16.3. The molecular weight excluding hydrogens is 289 g/mol. The van der Waals surface area contributed by atoms with Crippen LogP contribution >= 0.6 is 0 Å². The maximum absolute atomic E-state index is 14.3. The average Bonchev–Trinajstić information content (AvgIpc) is 2.57. The monoisotopic (exact) mass is 307 g/mol. The number of benzene rings is 2. The summed E-state index contributed by atoms with van der Waals surface area (Å²) in [5, 5.41) is 11.3. The van der Waals surface area contributed by atoms with Crippen LogP contribution in [0, 0.1) is 5.82 Å². The van der Waals surface area contributed by atoms with Gasteiger partial charge in [-0.1, -0.05) is 54.6 Å². The van der Waals surface area contributed by atoms with Crippen LogP contribution in [0.25, 0.3) is 0 Å². The molecule has 3 rings (SSSR count). The number of halogens is 1. The summed E-state index contributed by atoms with van der Waals surface area (Å²) in [5.41, 5.74) is 0.423. The molecule has 116 valence electrons. The Kier molecular flexibility index (Phi) is 4.22. The molecule has 2 nitrogen and oxygen atoms in total. The molecule has 0 unspecified atom stereocenters. The van der Waals surface area contributed by atoms with Gasteiger partial charge in [0.1, 0.15) is 11.4 Å². The van der Waals surface area contributed by atoms with E-state index in [1.165, 1.54) is 6.07 Å². The minimum atomic E-state index is -1.43. The van der Waals surface area contributed by atoms with E-state index in [9.17, 15) is 9.50 Å². The maximum Gasteiger partial charge on any atom is 0.129 e. The fourth-order valence-corrected chi connectivity index (χ4v) is 3.00. The number of hydrogen-bond acceptors (Lipinski definition) is 2. The Bertz CT molecular complexity index is 732. The molecule has 0 bridgehead atoms. The second-order valence-electron chi connectivity index (χ2n) is 5.73. The van der Waals surface area contributed by atoms with Gasteiger partial charge in [0.2, 0.25) is 0 Å². The van der Waals surface area contributed by atoms with E-state index in [0.29, 0.717) is 5.69 Å². The number of aliphatic hydroxyl groups is 1. The predicted molar refractivity (Wildman–Crippen MR) is 88.5 cm³/mol. The van der Waals surface area contributed by atoms with E-state index in [-0.39, 0.29) is 5.56 Å². The smallest absolute Gasteiger partial charge is 0.129 e. The first-order valence-electron chi connectivity index (χ1n) is 7.54. The summed E-state index contributed by atoms with van der Waals surface area (Å²) in [6.07, 6.45) is 1.68. The van der Waals surface area contributed by atoms with Gasteiger partial charge in [-0.05, 0) is 30.7 Å². The highest BCUT2D eigenvalue weighted by molar-refractivity contribution is 5.37. The minimum absolute atomic E-state index is 0.263. The van der Waals surface area contributed by atoms with E-state index in [4.69, 9.17) is 0 Å². The number of hydrogen-bond donors (Lipinski definition) is 1. The molecule has 2 atom stereocenters.